The zero-order chi connectivity index (χ0) is 15.5. The van der Waals surface area contributed by atoms with Gasteiger partial charge in [-0.25, -0.2) is 19.6 Å². The molecule has 0 fully saturated rings. The van der Waals surface area contributed by atoms with Crippen LogP contribution in [0.4, 0.5) is 0 Å². The second-order valence-corrected chi connectivity index (χ2v) is 5.76. The Balaban J connectivity index is 1.37. The standard InChI is InChI=1S/C17H18N6/c1-2-4-14(5-3-1)17-19-9-13(10-20-17)8-18-15-6-7-16-21-12-22-23(16)11-15/h1-5,9-10,12,15,18H,6-8,11H2. The van der Waals surface area contributed by atoms with Gasteiger partial charge in [0.1, 0.15) is 12.2 Å². The smallest absolute Gasteiger partial charge is 0.159 e. The van der Waals surface area contributed by atoms with E-state index in [-0.39, 0.29) is 0 Å². The van der Waals surface area contributed by atoms with Gasteiger partial charge in [0.25, 0.3) is 0 Å². The van der Waals surface area contributed by atoms with Crippen molar-refractivity contribution in [2.75, 3.05) is 0 Å². The van der Waals surface area contributed by atoms with E-state index in [0.717, 1.165) is 48.7 Å². The quantitative estimate of drug-likeness (QED) is 0.796. The zero-order valence-corrected chi connectivity index (χ0v) is 12.8. The summed E-state index contributed by atoms with van der Waals surface area (Å²) in [6, 6.07) is 10.4. The van der Waals surface area contributed by atoms with Gasteiger partial charge in [-0.2, -0.15) is 5.10 Å². The van der Waals surface area contributed by atoms with Gasteiger partial charge in [0, 0.05) is 42.5 Å². The van der Waals surface area contributed by atoms with Crippen molar-refractivity contribution < 1.29 is 0 Å². The molecule has 0 bridgehead atoms. The second kappa shape index (κ2) is 6.26. The Labute approximate surface area is 134 Å². The van der Waals surface area contributed by atoms with E-state index >= 15 is 0 Å². The van der Waals surface area contributed by atoms with Crippen molar-refractivity contribution in [3.05, 3.63) is 60.4 Å². The van der Waals surface area contributed by atoms with E-state index in [1.165, 1.54) is 0 Å². The van der Waals surface area contributed by atoms with Gasteiger partial charge in [-0.1, -0.05) is 30.3 Å². The van der Waals surface area contributed by atoms with Crippen molar-refractivity contribution in [1.82, 2.24) is 30.0 Å². The number of aryl methyl sites for hydroxylation is 1. The molecule has 1 unspecified atom stereocenters. The van der Waals surface area contributed by atoms with Gasteiger partial charge in [0.15, 0.2) is 5.82 Å². The fourth-order valence-corrected chi connectivity index (χ4v) is 2.85. The Hall–Kier alpha value is -2.60. The first kappa shape index (κ1) is 14.0. The van der Waals surface area contributed by atoms with E-state index in [1.54, 1.807) is 6.33 Å². The predicted molar refractivity (Wildman–Crippen MR) is 86.4 cm³/mol. The summed E-state index contributed by atoms with van der Waals surface area (Å²) >= 11 is 0. The molecule has 0 saturated carbocycles. The van der Waals surface area contributed by atoms with Gasteiger partial charge in [0.2, 0.25) is 0 Å². The van der Waals surface area contributed by atoms with Gasteiger partial charge in [-0.3, -0.25) is 0 Å². The molecule has 0 radical (unpaired) electrons. The SMILES string of the molecule is c1ccc(-c2ncc(CNC3CCc4ncnn4C3)cn2)cc1. The molecule has 0 amide bonds. The van der Waals surface area contributed by atoms with Crippen LogP contribution in [-0.2, 0) is 19.5 Å². The molecular weight excluding hydrogens is 288 g/mol. The van der Waals surface area contributed by atoms with Gasteiger partial charge in [-0.05, 0) is 6.42 Å². The molecule has 0 saturated heterocycles. The summed E-state index contributed by atoms with van der Waals surface area (Å²) in [7, 11) is 0. The molecule has 1 atom stereocenters. The molecule has 6 nitrogen and oxygen atoms in total. The molecule has 1 aliphatic heterocycles. The largest absolute Gasteiger partial charge is 0.308 e. The van der Waals surface area contributed by atoms with E-state index in [1.807, 2.05) is 47.4 Å². The fraction of sp³-hybridized carbons (Fsp3) is 0.294. The minimum atomic E-state index is 0.415. The average molecular weight is 306 g/mol. The van der Waals surface area contributed by atoms with Crippen LogP contribution in [0.1, 0.15) is 17.8 Å². The number of nitrogens with zero attached hydrogens (tertiary/aromatic N) is 5. The molecule has 0 spiro atoms. The predicted octanol–water partition coefficient (Wildman–Crippen LogP) is 1.84. The number of benzene rings is 1. The third-order valence-electron chi connectivity index (χ3n) is 4.14. The molecule has 3 heterocycles. The van der Waals surface area contributed by atoms with Crippen LogP contribution < -0.4 is 5.32 Å². The highest BCUT2D eigenvalue weighted by Crippen LogP contribution is 2.14. The molecule has 23 heavy (non-hydrogen) atoms. The lowest BCUT2D eigenvalue weighted by atomic mass is 10.1. The van der Waals surface area contributed by atoms with Crippen LogP contribution in [-0.4, -0.2) is 30.8 Å². The Bertz CT molecular complexity index is 765. The van der Waals surface area contributed by atoms with Gasteiger partial charge in [-0.15, -0.1) is 0 Å². The van der Waals surface area contributed by atoms with Crippen molar-refractivity contribution in [3.8, 4) is 11.4 Å². The van der Waals surface area contributed by atoms with Crippen LogP contribution in [0, 0.1) is 0 Å². The Morgan fingerprint density at radius 3 is 2.74 bits per heavy atom. The van der Waals surface area contributed by atoms with Crippen LogP contribution >= 0.6 is 0 Å². The van der Waals surface area contributed by atoms with E-state index in [0.29, 0.717) is 6.04 Å². The van der Waals surface area contributed by atoms with Crippen molar-refractivity contribution in [3.63, 3.8) is 0 Å². The number of nitrogens with one attached hydrogen (secondary N) is 1. The molecule has 0 aliphatic carbocycles. The van der Waals surface area contributed by atoms with Crippen LogP contribution in [0.15, 0.2) is 49.1 Å². The maximum Gasteiger partial charge on any atom is 0.159 e. The van der Waals surface area contributed by atoms with Crippen molar-refractivity contribution in [1.29, 1.82) is 0 Å². The maximum atomic E-state index is 4.46. The third kappa shape index (κ3) is 3.12. The molecule has 116 valence electrons. The topological polar surface area (TPSA) is 68.5 Å². The number of hydrogen-bond donors (Lipinski definition) is 1. The second-order valence-electron chi connectivity index (χ2n) is 5.76. The summed E-state index contributed by atoms with van der Waals surface area (Å²) in [5, 5.41) is 7.81. The monoisotopic (exact) mass is 306 g/mol. The highest BCUT2D eigenvalue weighted by Gasteiger charge is 2.19. The molecule has 1 N–H and O–H groups in total. The normalized spacial score (nSPS) is 17.0. The van der Waals surface area contributed by atoms with Gasteiger partial charge < -0.3 is 5.32 Å². The van der Waals surface area contributed by atoms with Gasteiger partial charge in [0.05, 0.1) is 6.54 Å². The summed E-state index contributed by atoms with van der Waals surface area (Å²) in [4.78, 5) is 13.2. The molecule has 1 aliphatic rings. The molecule has 2 aromatic heterocycles. The lowest BCUT2D eigenvalue weighted by Gasteiger charge is -2.23. The molecular formula is C17H18N6. The Morgan fingerprint density at radius 1 is 1.09 bits per heavy atom. The van der Waals surface area contributed by atoms with E-state index in [4.69, 9.17) is 0 Å². The van der Waals surface area contributed by atoms with Gasteiger partial charge >= 0.3 is 0 Å². The van der Waals surface area contributed by atoms with Crippen LogP contribution in [0.3, 0.4) is 0 Å². The molecule has 3 aromatic rings. The first-order chi connectivity index (χ1) is 11.4. The third-order valence-corrected chi connectivity index (χ3v) is 4.14. The Morgan fingerprint density at radius 2 is 1.91 bits per heavy atom. The minimum Gasteiger partial charge on any atom is -0.308 e. The van der Waals surface area contributed by atoms with E-state index in [9.17, 15) is 0 Å². The summed E-state index contributed by atoms with van der Waals surface area (Å²) < 4.78 is 1.98. The first-order valence-corrected chi connectivity index (χ1v) is 7.85. The summed E-state index contributed by atoms with van der Waals surface area (Å²) in [6.07, 6.45) is 7.48. The Kier molecular flexibility index (Phi) is 3.81. The highest BCUT2D eigenvalue weighted by molar-refractivity contribution is 5.53. The van der Waals surface area contributed by atoms with Crippen LogP contribution in [0.5, 0.6) is 0 Å². The summed E-state index contributed by atoms with van der Waals surface area (Å²) in [5.74, 6) is 1.85. The zero-order valence-electron chi connectivity index (χ0n) is 12.8. The van der Waals surface area contributed by atoms with E-state index < -0.39 is 0 Å². The number of fused-ring (bicyclic) bond motifs is 1. The fourth-order valence-electron chi connectivity index (χ4n) is 2.85. The molecule has 1 aromatic carbocycles. The molecule has 4 rings (SSSR count). The summed E-state index contributed by atoms with van der Waals surface area (Å²) in [6.45, 7) is 1.64. The number of rotatable bonds is 4. The lowest BCUT2D eigenvalue weighted by Crippen LogP contribution is -2.37. The average Bonchev–Trinajstić information content (AvgIpc) is 3.09. The molecule has 6 heteroatoms. The lowest BCUT2D eigenvalue weighted by molar-refractivity contribution is 0.358. The van der Waals surface area contributed by atoms with E-state index in [2.05, 4.69) is 25.4 Å². The number of aromatic nitrogens is 5. The minimum absolute atomic E-state index is 0.415. The highest BCUT2D eigenvalue weighted by atomic mass is 15.3. The summed E-state index contributed by atoms with van der Waals surface area (Å²) in [5.41, 5.74) is 2.13. The van der Waals surface area contributed by atoms with Crippen LogP contribution in [0.25, 0.3) is 11.4 Å². The number of hydrogen-bond acceptors (Lipinski definition) is 5. The van der Waals surface area contributed by atoms with Crippen molar-refractivity contribution >= 4 is 0 Å². The first-order valence-electron chi connectivity index (χ1n) is 7.85. The maximum absolute atomic E-state index is 4.46. The van der Waals surface area contributed by atoms with Crippen molar-refractivity contribution in [2.24, 2.45) is 0 Å². The van der Waals surface area contributed by atoms with Crippen molar-refractivity contribution in [2.45, 2.75) is 32.0 Å². The van der Waals surface area contributed by atoms with Crippen LogP contribution in [0.2, 0.25) is 0 Å².